The second-order valence-corrected chi connectivity index (χ2v) is 3.92. The number of likely N-dealkylation sites (N-methyl/N-ethyl adjacent to an activating group) is 1. The van der Waals surface area contributed by atoms with Crippen LogP contribution in [0.3, 0.4) is 0 Å². The summed E-state index contributed by atoms with van der Waals surface area (Å²) < 4.78 is 0. The fraction of sp³-hybridized carbons (Fsp3) is 1.00. The molecule has 0 bridgehead atoms. The molecule has 0 saturated carbocycles. The maximum atomic E-state index is 9.34. The number of hydrogen-bond donors (Lipinski definition) is 2. The third-order valence-corrected chi connectivity index (χ3v) is 2.96. The molecule has 0 aromatic carbocycles. The maximum Gasteiger partial charge on any atom is 0.0938 e. The average molecular weight is 202 g/mol. The standard InChI is InChI=1S/C10H22N2O2/c1-3-11(4-2)5-6-12-7-9(13)10(14)8-12/h9-10,13-14H,3-8H2,1-2H3. The summed E-state index contributed by atoms with van der Waals surface area (Å²) in [6.07, 6.45) is -1.10. The Morgan fingerprint density at radius 2 is 1.64 bits per heavy atom. The van der Waals surface area contributed by atoms with Gasteiger partial charge in [-0.2, -0.15) is 0 Å². The topological polar surface area (TPSA) is 46.9 Å². The van der Waals surface area contributed by atoms with Crippen LogP contribution in [0.4, 0.5) is 0 Å². The molecule has 0 aromatic rings. The summed E-state index contributed by atoms with van der Waals surface area (Å²) in [6.45, 7) is 9.62. The number of aliphatic hydroxyl groups is 2. The van der Waals surface area contributed by atoms with E-state index < -0.39 is 12.2 Å². The SMILES string of the molecule is CCN(CC)CCN1CC(O)C(O)C1. The van der Waals surface area contributed by atoms with Crippen molar-refractivity contribution in [3.63, 3.8) is 0 Å². The molecule has 1 aliphatic heterocycles. The molecule has 2 N–H and O–H groups in total. The van der Waals surface area contributed by atoms with Crippen LogP contribution in [0.5, 0.6) is 0 Å². The highest BCUT2D eigenvalue weighted by Crippen LogP contribution is 2.09. The van der Waals surface area contributed by atoms with Crippen molar-refractivity contribution in [1.29, 1.82) is 0 Å². The predicted octanol–water partition coefficient (Wildman–Crippen LogP) is -0.634. The van der Waals surface area contributed by atoms with E-state index in [0.29, 0.717) is 13.1 Å². The summed E-state index contributed by atoms with van der Waals surface area (Å²) in [6, 6.07) is 0. The smallest absolute Gasteiger partial charge is 0.0938 e. The Kier molecular flexibility index (Phi) is 4.81. The van der Waals surface area contributed by atoms with Gasteiger partial charge in [-0.15, -0.1) is 0 Å². The van der Waals surface area contributed by atoms with Gasteiger partial charge in [0.2, 0.25) is 0 Å². The molecule has 1 fully saturated rings. The number of rotatable bonds is 5. The first kappa shape index (κ1) is 11.9. The number of likely N-dealkylation sites (tertiary alicyclic amines) is 1. The fourth-order valence-corrected chi connectivity index (χ4v) is 1.85. The van der Waals surface area contributed by atoms with Crippen LogP contribution in [0.1, 0.15) is 13.8 Å². The highest BCUT2D eigenvalue weighted by atomic mass is 16.3. The number of nitrogens with zero attached hydrogens (tertiary/aromatic N) is 2. The van der Waals surface area contributed by atoms with E-state index in [4.69, 9.17) is 0 Å². The zero-order chi connectivity index (χ0) is 10.6. The normalized spacial score (nSPS) is 28.9. The maximum absolute atomic E-state index is 9.34. The zero-order valence-corrected chi connectivity index (χ0v) is 9.19. The van der Waals surface area contributed by atoms with Crippen LogP contribution in [0.15, 0.2) is 0 Å². The van der Waals surface area contributed by atoms with Crippen molar-refractivity contribution in [1.82, 2.24) is 9.80 Å². The minimum absolute atomic E-state index is 0.549. The molecule has 4 heteroatoms. The van der Waals surface area contributed by atoms with Gasteiger partial charge in [-0.3, -0.25) is 4.90 Å². The van der Waals surface area contributed by atoms with Gasteiger partial charge in [0.05, 0.1) is 12.2 Å². The van der Waals surface area contributed by atoms with Gasteiger partial charge in [0.25, 0.3) is 0 Å². The van der Waals surface area contributed by atoms with Crippen LogP contribution in [0.25, 0.3) is 0 Å². The Morgan fingerprint density at radius 1 is 1.14 bits per heavy atom. The van der Waals surface area contributed by atoms with E-state index in [1.165, 1.54) is 0 Å². The van der Waals surface area contributed by atoms with Gasteiger partial charge >= 0.3 is 0 Å². The minimum atomic E-state index is -0.549. The summed E-state index contributed by atoms with van der Waals surface area (Å²) in [7, 11) is 0. The molecule has 0 aliphatic carbocycles. The highest BCUT2D eigenvalue weighted by Gasteiger charge is 2.28. The third kappa shape index (κ3) is 3.20. The summed E-state index contributed by atoms with van der Waals surface area (Å²) in [5.74, 6) is 0. The molecule has 84 valence electrons. The first-order valence-electron chi connectivity index (χ1n) is 5.48. The number of β-amino-alcohol motifs (C(OH)–C–C–N with tert-alkyl or cyclic N) is 2. The van der Waals surface area contributed by atoms with Crippen LogP contribution < -0.4 is 0 Å². The molecule has 0 aromatic heterocycles. The van der Waals surface area contributed by atoms with Crippen LogP contribution >= 0.6 is 0 Å². The van der Waals surface area contributed by atoms with Crippen LogP contribution in [0, 0.1) is 0 Å². The summed E-state index contributed by atoms with van der Waals surface area (Å²) >= 11 is 0. The molecule has 1 aliphatic rings. The van der Waals surface area contributed by atoms with Crippen LogP contribution in [-0.4, -0.2) is 71.5 Å². The van der Waals surface area contributed by atoms with Gasteiger partial charge in [-0.05, 0) is 13.1 Å². The van der Waals surface area contributed by atoms with Crippen molar-refractivity contribution >= 4 is 0 Å². The Balaban J connectivity index is 2.19. The molecule has 4 nitrogen and oxygen atoms in total. The van der Waals surface area contributed by atoms with Gasteiger partial charge in [0.1, 0.15) is 0 Å². The largest absolute Gasteiger partial charge is 0.389 e. The quantitative estimate of drug-likeness (QED) is 0.623. The molecule has 14 heavy (non-hydrogen) atoms. The summed E-state index contributed by atoms with van der Waals surface area (Å²) in [5.41, 5.74) is 0. The molecule has 0 spiro atoms. The first-order chi connectivity index (χ1) is 6.67. The van der Waals surface area contributed by atoms with Crippen molar-refractivity contribution in [2.24, 2.45) is 0 Å². The van der Waals surface area contributed by atoms with E-state index in [0.717, 1.165) is 26.2 Å². The highest BCUT2D eigenvalue weighted by molar-refractivity contribution is 4.83. The molecule has 0 radical (unpaired) electrons. The van der Waals surface area contributed by atoms with Crippen molar-refractivity contribution < 1.29 is 10.2 Å². The molecular weight excluding hydrogens is 180 g/mol. The van der Waals surface area contributed by atoms with Crippen molar-refractivity contribution in [3.8, 4) is 0 Å². The van der Waals surface area contributed by atoms with E-state index in [9.17, 15) is 10.2 Å². The molecule has 1 saturated heterocycles. The summed E-state index contributed by atoms with van der Waals surface area (Å²) in [4.78, 5) is 4.46. The molecule has 2 unspecified atom stereocenters. The predicted molar refractivity (Wildman–Crippen MR) is 56.2 cm³/mol. The van der Waals surface area contributed by atoms with Gasteiger partial charge in [-0.25, -0.2) is 0 Å². The molecule has 1 heterocycles. The monoisotopic (exact) mass is 202 g/mol. The van der Waals surface area contributed by atoms with Gasteiger partial charge in [0.15, 0.2) is 0 Å². The zero-order valence-electron chi connectivity index (χ0n) is 9.19. The second kappa shape index (κ2) is 5.66. The van der Waals surface area contributed by atoms with Gasteiger partial charge < -0.3 is 15.1 Å². The average Bonchev–Trinajstić information content (AvgIpc) is 2.48. The molecule has 1 rings (SSSR count). The Labute approximate surface area is 86.1 Å². The fourth-order valence-electron chi connectivity index (χ4n) is 1.85. The Bertz CT molecular complexity index is 152. The van der Waals surface area contributed by atoms with E-state index in [-0.39, 0.29) is 0 Å². The van der Waals surface area contributed by atoms with Crippen LogP contribution in [0.2, 0.25) is 0 Å². The van der Waals surface area contributed by atoms with Gasteiger partial charge in [0, 0.05) is 26.2 Å². The number of aliphatic hydroxyl groups excluding tert-OH is 2. The first-order valence-corrected chi connectivity index (χ1v) is 5.48. The van der Waals surface area contributed by atoms with E-state index >= 15 is 0 Å². The van der Waals surface area contributed by atoms with Crippen molar-refractivity contribution in [2.45, 2.75) is 26.1 Å². The van der Waals surface area contributed by atoms with Crippen molar-refractivity contribution in [2.75, 3.05) is 39.3 Å². The lowest BCUT2D eigenvalue weighted by atomic mass is 10.3. The molecular formula is C10H22N2O2. The van der Waals surface area contributed by atoms with E-state index in [1.807, 2.05) is 0 Å². The van der Waals surface area contributed by atoms with E-state index in [1.54, 1.807) is 0 Å². The number of hydrogen-bond acceptors (Lipinski definition) is 4. The Hall–Kier alpha value is -0.160. The second-order valence-electron chi connectivity index (χ2n) is 3.92. The van der Waals surface area contributed by atoms with Crippen LogP contribution in [-0.2, 0) is 0 Å². The lowest BCUT2D eigenvalue weighted by molar-refractivity contribution is 0.0572. The molecule has 2 atom stereocenters. The van der Waals surface area contributed by atoms with E-state index in [2.05, 4.69) is 23.6 Å². The molecule has 0 amide bonds. The summed E-state index contributed by atoms with van der Waals surface area (Å²) in [5, 5.41) is 18.7. The lowest BCUT2D eigenvalue weighted by Gasteiger charge is -2.22. The van der Waals surface area contributed by atoms with Crippen molar-refractivity contribution in [3.05, 3.63) is 0 Å². The Morgan fingerprint density at radius 3 is 2.07 bits per heavy atom. The minimum Gasteiger partial charge on any atom is -0.389 e. The van der Waals surface area contributed by atoms with Gasteiger partial charge in [-0.1, -0.05) is 13.8 Å². The third-order valence-electron chi connectivity index (χ3n) is 2.96. The lowest BCUT2D eigenvalue weighted by Crippen LogP contribution is -2.34.